The fourth-order valence-electron chi connectivity index (χ4n) is 1.30. The van der Waals surface area contributed by atoms with Crippen molar-refractivity contribution in [2.45, 2.75) is 17.9 Å². The lowest BCUT2D eigenvalue weighted by atomic mass is 10.2. The van der Waals surface area contributed by atoms with Crippen LogP contribution in [0.4, 0.5) is 17.6 Å². The molecule has 1 unspecified atom stereocenters. The summed E-state index contributed by atoms with van der Waals surface area (Å²) in [4.78, 5) is 0.799. The third-order valence-corrected chi connectivity index (χ3v) is 2.00. The molecule has 0 aliphatic carbocycles. The molecule has 3 nitrogen and oxygen atoms in total. The molecule has 80 valence electrons. The molecule has 0 aromatic heterocycles. The molecule has 0 spiro atoms. The molecule has 0 aromatic rings. The van der Waals surface area contributed by atoms with Crippen LogP contribution in [0.25, 0.3) is 0 Å². The summed E-state index contributed by atoms with van der Waals surface area (Å²) in [6, 6.07) is 0.579. The van der Waals surface area contributed by atoms with Gasteiger partial charge in [0.25, 0.3) is 0 Å². The van der Waals surface area contributed by atoms with Crippen molar-refractivity contribution in [3.05, 3.63) is 0 Å². The Kier molecular flexibility index (Phi) is 2.69. The lowest BCUT2D eigenvalue weighted by molar-refractivity contribution is -0.172. The van der Waals surface area contributed by atoms with Gasteiger partial charge in [0.1, 0.15) is 6.04 Å². The number of nitrogens with two attached hydrogens (primary N) is 1. The molecule has 1 aliphatic heterocycles. The zero-order chi connectivity index (χ0) is 11.0. The Morgan fingerprint density at radius 2 is 1.71 bits per heavy atom. The number of likely N-dealkylation sites (tertiary alicyclic amines) is 1. The molecule has 0 bridgehead atoms. The summed E-state index contributed by atoms with van der Waals surface area (Å²) in [6.07, 6.45) is 0. The van der Waals surface area contributed by atoms with Gasteiger partial charge in [-0.3, -0.25) is 4.90 Å². The average molecular weight is 211 g/mol. The van der Waals surface area contributed by atoms with Crippen LogP contribution in [0.5, 0.6) is 0 Å². The highest BCUT2D eigenvalue weighted by Crippen LogP contribution is 2.40. The molecule has 2 N–H and O–H groups in total. The quantitative estimate of drug-likeness (QED) is 0.673. The summed E-state index contributed by atoms with van der Waals surface area (Å²) in [5.41, 5.74) is 5.14. The van der Waals surface area contributed by atoms with E-state index in [2.05, 4.69) is 0 Å². The second-order valence-electron chi connectivity index (χ2n) is 3.31. The molecular formula is C7H9F4N3. The fourth-order valence-corrected chi connectivity index (χ4v) is 1.30. The smallest absolute Gasteiger partial charge is 0.315 e. The molecule has 7 heteroatoms. The molecule has 1 rings (SSSR count). The van der Waals surface area contributed by atoms with Gasteiger partial charge in [-0.1, -0.05) is 0 Å². The number of hydrogen-bond acceptors (Lipinski definition) is 3. The van der Waals surface area contributed by atoms with Gasteiger partial charge in [-0.2, -0.15) is 22.8 Å². The standard InChI is InChI=1S/C7H9F4N3/c8-6(9)3-14(2-5(13)1-12)4-7(6,10)11/h5H,2-4,13H2. The van der Waals surface area contributed by atoms with Gasteiger partial charge < -0.3 is 5.73 Å². The maximum atomic E-state index is 12.6. The summed E-state index contributed by atoms with van der Waals surface area (Å²) in [6.45, 7) is -2.35. The Bertz CT molecular complexity index is 244. The Hall–Kier alpha value is -0.870. The maximum Gasteiger partial charge on any atom is 0.323 e. The Balaban J connectivity index is 2.61. The number of nitrogens with zero attached hydrogens (tertiary/aromatic N) is 2. The van der Waals surface area contributed by atoms with Crippen LogP contribution in [0.3, 0.4) is 0 Å². The van der Waals surface area contributed by atoms with E-state index < -0.39 is 31.0 Å². The van der Waals surface area contributed by atoms with Crippen molar-refractivity contribution in [2.75, 3.05) is 19.6 Å². The number of alkyl halides is 4. The molecular weight excluding hydrogens is 202 g/mol. The minimum Gasteiger partial charge on any atom is -0.315 e. The van der Waals surface area contributed by atoms with Gasteiger partial charge in [-0.05, 0) is 0 Å². The first kappa shape index (κ1) is 11.2. The van der Waals surface area contributed by atoms with Crippen LogP contribution in [-0.2, 0) is 0 Å². The molecule has 0 saturated carbocycles. The Morgan fingerprint density at radius 1 is 1.29 bits per heavy atom. The predicted octanol–water partition coefficient (Wildman–Crippen LogP) is 0.423. The second-order valence-corrected chi connectivity index (χ2v) is 3.31. The number of hydrogen-bond donors (Lipinski definition) is 1. The first-order valence-electron chi connectivity index (χ1n) is 3.92. The van der Waals surface area contributed by atoms with Crippen molar-refractivity contribution in [3.63, 3.8) is 0 Å². The summed E-state index contributed by atoms with van der Waals surface area (Å²) < 4.78 is 50.4. The molecule has 1 saturated heterocycles. The van der Waals surface area contributed by atoms with E-state index in [-0.39, 0.29) is 6.54 Å². The van der Waals surface area contributed by atoms with Crippen molar-refractivity contribution < 1.29 is 17.6 Å². The third-order valence-electron chi connectivity index (χ3n) is 2.00. The van der Waals surface area contributed by atoms with Crippen LogP contribution in [0.2, 0.25) is 0 Å². The van der Waals surface area contributed by atoms with Gasteiger partial charge in [0, 0.05) is 6.54 Å². The molecule has 1 heterocycles. The van der Waals surface area contributed by atoms with Crippen LogP contribution >= 0.6 is 0 Å². The van der Waals surface area contributed by atoms with E-state index in [0.717, 1.165) is 4.90 Å². The van der Waals surface area contributed by atoms with Crippen molar-refractivity contribution >= 4 is 0 Å². The highest BCUT2D eigenvalue weighted by Gasteiger charge is 2.62. The minimum absolute atomic E-state index is 0.262. The zero-order valence-electron chi connectivity index (χ0n) is 7.18. The molecule has 1 aliphatic rings. The van der Waals surface area contributed by atoms with Crippen molar-refractivity contribution in [3.8, 4) is 6.07 Å². The third kappa shape index (κ3) is 1.96. The number of halogens is 4. The van der Waals surface area contributed by atoms with Gasteiger partial charge in [0.2, 0.25) is 0 Å². The summed E-state index contributed by atoms with van der Waals surface area (Å²) >= 11 is 0. The van der Waals surface area contributed by atoms with E-state index in [9.17, 15) is 17.6 Å². The van der Waals surface area contributed by atoms with Crippen LogP contribution in [-0.4, -0.2) is 42.4 Å². The first-order chi connectivity index (χ1) is 6.28. The van der Waals surface area contributed by atoms with E-state index in [1.165, 1.54) is 0 Å². The van der Waals surface area contributed by atoms with Crippen molar-refractivity contribution in [2.24, 2.45) is 5.73 Å². The lowest BCUT2D eigenvalue weighted by Crippen LogP contribution is -2.38. The van der Waals surface area contributed by atoms with Gasteiger partial charge in [-0.15, -0.1) is 0 Å². The fraction of sp³-hybridized carbons (Fsp3) is 0.857. The van der Waals surface area contributed by atoms with Crippen molar-refractivity contribution in [1.29, 1.82) is 5.26 Å². The molecule has 0 amide bonds. The van der Waals surface area contributed by atoms with E-state index in [0.29, 0.717) is 0 Å². The van der Waals surface area contributed by atoms with Crippen LogP contribution in [0, 0.1) is 11.3 Å². The Labute approximate surface area is 78.1 Å². The van der Waals surface area contributed by atoms with Crippen LogP contribution < -0.4 is 5.73 Å². The predicted molar refractivity (Wildman–Crippen MR) is 39.9 cm³/mol. The summed E-state index contributed by atoms with van der Waals surface area (Å²) in [7, 11) is 0. The van der Waals surface area contributed by atoms with Crippen LogP contribution in [0.15, 0.2) is 0 Å². The van der Waals surface area contributed by atoms with Gasteiger partial charge in [0.15, 0.2) is 0 Å². The minimum atomic E-state index is -4.03. The van der Waals surface area contributed by atoms with Crippen LogP contribution in [0.1, 0.15) is 0 Å². The maximum absolute atomic E-state index is 12.6. The lowest BCUT2D eigenvalue weighted by Gasteiger charge is -2.15. The zero-order valence-corrected chi connectivity index (χ0v) is 7.18. The monoisotopic (exact) mass is 211 g/mol. The molecule has 14 heavy (non-hydrogen) atoms. The first-order valence-corrected chi connectivity index (χ1v) is 3.92. The average Bonchev–Trinajstić information content (AvgIpc) is 2.20. The number of nitriles is 1. The summed E-state index contributed by atoms with van der Waals surface area (Å²) in [5.74, 6) is -8.05. The molecule has 1 atom stereocenters. The second kappa shape index (κ2) is 3.37. The van der Waals surface area contributed by atoms with E-state index in [1.54, 1.807) is 6.07 Å². The number of rotatable bonds is 2. The van der Waals surface area contributed by atoms with Crippen molar-refractivity contribution in [1.82, 2.24) is 4.90 Å². The van der Waals surface area contributed by atoms with E-state index in [1.807, 2.05) is 0 Å². The molecule has 0 radical (unpaired) electrons. The Morgan fingerprint density at radius 3 is 2.07 bits per heavy atom. The SMILES string of the molecule is N#CC(N)CN1CC(F)(F)C(F)(F)C1. The van der Waals surface area contributed by atoms with Gasteiger partial charge >= 0.3 is 11.8 Å². The van der Waals surface area contributed by atoms with Gasteiger partial charge in [0.05, 0.1) is 19.2 Å². The highest BCUT2D eigenvalue weighted by molar-refractivity contribution is 5.00. The highest BCUT2D eigenvalue weighted by atomic mass is 19.3. The molecule has 0 aromatic carbocycles. The normalized spacial score (nSPS) is 27.1. The van der Waals surface area contributed by atoms with E-state index >= 15 is 0 Å². The van der Waals surface area contributed by atoms with E-state index in [4.69, 9.17) is 11.0 Å². The largest absolute Gasteiger partial charge is 0.323 e. The molecule has 1 fully saturated rings. The van der Waals surface area contributed by atoms with Gasteiger partial charge in [-0.25, -0.2) is 0 Å². The topological polar surface area (TPSA) is 53.1 Å². The summed E-state index contributed by atoms with van der Waals surface area (Å²) in [5, 5.41) is 8.28.